The summed E-state index contributed by atoms with van der Waals surface area (Å²) < 4.78 is 40.2. The number of halogens is 3. The van der Waals surface area contributed by atoms with Crippen molar-refractivity contribution in [2.75, 3.05) is 12.9 Å². The SMILES string of the molecule is CSCc1ccc(C(=O)NOCC(F)(F)F)o1. The summed E-state index contributed by atoms with van der Waals surface area (Å²) in [6.45, 7) is -1.54. The van der Waals surface area contributed by atoms with E-state index in [-0.39, 0.29) is 5.76 Å². The average Bonchev–Trinajstić information content (AvgIpc) is 2.65. The number of rotatable bonds is 5. The fourth-order valence-electron chi connectivity index (χ4n) is 0.954. The van der Waals surface area contributed by atoms with Crippen molar-refractivity contribution in [3.63, 3.8) is 0 Å². The van der Waals surface area contributed by atoms with Gasteiger partial charge >= 0.3 is 12.1 Å². The normalized spacial score (nSPS) is 11.5. The molecule has 0 unspecified atom stereocenters. The van der Waals surface area contributed by atoms with Gasteiger partial charge < -0.3 is 4.42 Å². The maximum Gasteiger partial charge on any atom is 0.414 e. The molecule has 1 heterocycles. The van der Waals surface area contributed by atoms with Crippen LogP contribution < -0.4 is 5.48 Å². The molecule has 96 valence electrons. The summed E-state index contributed by atoms with van der Waals surface area (Å²) >= 11 is 1.50. The number of thioether (sulfide) groups is 1. The molecule has 0 atom stereocenters. The van der Waals surface area contributed by atoms with E-state index in [0.29, 0.717) is 11.5 Å². The minimum atomic E-state index is -4.49. The Bertz CT molecular complexity index is 378. The van der Waals surface area contributed by atoms with Crippen LogP contribution in [0.3, 0.4) is 0 Å². The highest BCUT2D eigenvalue weighted by atomic mass is 32.2. The topological polar surface area (TPSA) is 51.5 Å². The minimum Gasteiger partial charge on any atom is -0.455 e. The average molecular weight is 269 g/mol. The van der Waals surface area contributed by atoms with Crippen LogP contribution in [-0.4, -0.2) is 24.9 Å². The Morgan fingerprint density at radius 3 is 2.82 bits per heavy atom. The van der Waals surface area contributed by atoms with E-state index in [4.69, 9.17) is 4.42 Å². The van der Waals surface area contributed by atoms with Crippen LogP contribution >= 0.6 is 11.8 Å². The molecular formula is C9H10F3NO3S. The van der Waals surface area contributed by atoms with Gasteiger partial charge in [-0.25, -0.2) is 5.48 Å². The molecule has 1 N–H and O–H groups in total. The molecule has 1 rings (SSSR count). The lowest BCUT2D eigenvalue weighted by Crippen LogP contribution is -2.29. The zero-order valence-corrected chi connectivity index (χ0v) is 9.65. The molecule has 0 aliphatic heterocycles. The maximum atomic E-state index is 11.7. The monoisotopic (exact) mass is 269 g/mol. The summed E-state index contributed by atoms with van der Waals surface area (Å²) in [5, 5.41) is 0. The Morgan fingerprint density at radius 1 is 1.53 bits per heavy atom. The third-order valence-corrected chi connectivity index (χ3v) is 2.15. The number of furan rings is 1. The van der Waals surface area contributed by atoms with Crippen molar-refractivity contribution in [3.8, 4) is 0 Å². The number of hydrogen-bond acceptors (Lipinski definition) is 4. The summed E-state index contributed by atoms with van der Waals surface area (Å²) in [5.74, 6) is 0.216. The zero-order chi connectivity index (χ0) is 12.9. The number of amides is 1. The Labute approximate surface area is 99.4 Å². The molecule has 0 spiro atoms. The van der Waals surface area contributed by atoms with Crippen LogP contribution in [0.5, 0.6) is 0 Å². The van der Waals surface area contributed by atoms with Crippen molar-refractivity contribution in [2.45, 2.75) is 11.9 Å². The first-order valence-electron chi connectivity index (χ1n) is 4.49. The van der Waals surface area contributed by atoms with Crippen molar-refractivity contribution >= 4 is 17.7 Å². The maximum absolute atomic E-state index is 11.7. The largest absolute Gasteiger partial charge is 0.455 e. The van der Waals surface area contributed by atoms with Gasteiger partial charge in [-0.2, -0.15) is 24.9 Å². The Kier molecular flexibility index (Phi) is 4.88. The smallest absolute Gasteiger partial charge is 0.414 e. The second kappa shape index (κ2) is 5.97. The van der Waals surface area contributed by atoms with E-state index in [1.165, 1.54) is 17.8 Å². The summed E-state index contributed by atoms with van der Waals surface area (Å²) in [4.78, 5) is 15.2. The number of carbonyl (C=O) groups excluding carboxylic acids is 1. The van der Waals surface area contributed by atoms with E-state index in [2.05, 4.69) is 4.84 Å². The third kappa shape index (κ3) is 5.14. The van der Waals surface area contributed by atoms with Gasteiger partial charge in [0, 0.05) is 0 Å². The molecule has 0 aromatic carbocycles. The summed E-state index contributed by atoms with van der Waals surface area (Å²) in [6, 6.07) is 2.95. The van der Waals surface area contributed by atoms with Crippen molar-refractivity contribution in [2.24, 2.45) is 0 Å². The molecule has 0 saturated carbocycles. The van der Waals surface area contributed by atoms with Crippen molar-refractivity contribution in [1.82, 2.24) is 5.48 Å². The van der Waals surface area contributed by atoms with Crippen LogP contribution in [-0.2, 0) is 10.6 Å². The fourth-order valence-corrected chi connectivity index (χ4v) is 1.39. The standard InChI is InChI=1S/C9H10F3NO3S/c1-17-4-6-2-3-7(16-6)8(14)13-15-5-9(10,11)12/h2-3H,4-5H2,1H3,(H,13,14). The molecule has 0 aliphatic carbocycles. The number of hydroxylamine groups is 1. The quantitative estimate of drug-likeness (QED) is 0.834. The molecule has 0 aliphatic rings. The fraction of sp³-hybridized carbons (Fsp3) is 0.444. The molecule has 1 aromatic rings. The van der Waals surface area contributed by atoms with Gasteiger partial charge in [0.2, 0.25) is 0 Å². The zero-order valence-electron chi connectivity index (χ0n) is 8.84. The van der Waals surface area contributed by atoms with Gasteiger partial charge in [-0.15, -0.1) is 0 Å². The molecule has 1 aromatic heterocycles. The van der Waals surface area contributed by atoms with Gasteiger partial charge in [0.15, 0.2) is 12.4 Å². The molecule has 0 saturated heterocycles. The van der Waals surface area contributed by atoms with Gasteiger partial charge in [-0.1, -0.05) is 0 Å². The molecule has 1 amide bonds. The highest BCUT2D eigenvalue weighted by Crippen LogP contribution is 2.15. The Morgan fingerprint density at radius 2 is 2.24 bits per heavy atom. The number of hydrogen-bond donors (Lipinski definition) is 1. The summed E-state index contributed by atoms with van der Waals surface area (Å²) in [5.41, 5.74) is 1.65. The van der Waals surface area contributed by atoms with Gasteiger partial charge in [0.1, 0.15) is 5.76 Å². The highest BCUT2D eigenvalue weighted by molar-refractivity contribution is 7.97. The van der Waals surface area contributed by atoms with E-state index < -0.39 is 18.7 Å². The van der Waals surface area contributed by atoms with Gasteiger partial charge in [-0.3, -0.25) is 9.63 Å². The first-order chi connectivity index (χ1) is 7.92. The molecule has 0 bridgehead atoms. The van der Waals surface area contributed by atoms with Crippen LogP contribution in [0, 0.1) is 0 Å². The number of alkyl halides is 3. The minimum absolute atomic E-state index is 0.0868. The predicted molar refractivity (Wildman–Crippen MR) is 55.4 cm³/mol. The highest BCUT2D eigenvalue weighted by Gasteiger charge is 2.28. The molecule has 8 heteroatoms. The van der Waals surface area contributed by atoms with Crippen LogP contribution in [0.15, 0.2) is 16.5 Å². The van der Waals surface area contributed by atoms with E-state index in [0.717, 1.165) is 0 Å². The van der Waals surface area contributed by atoms with Crippen LogP contribution in [0.1, 0.15) is 16.3 Å². The third-order valence-electron chi connectivity index (χ3n) is 1.57. The summed E-state index contributed by atoms with van der Waals surface area (Å²) in [7, 11) is 0. The lowest BCUT2D eigenvalue weighted by Gasteiger charge is -2.06. The number of nitrogens with one attached hydrogen (secondary N) is 1. The first kappa shape index (κ1) is 13.9. The van der Waals surface area contributed by atoms with Gasteiger partial charge in [-0.05, 0) is 18.4 Å². The Balaban J connectivity index is 2.41. The molecular weight excluding hydrogens is 259 g/mol. The first-order valence-corrected chi connectivity index (χ1v) is 5.88. The van der Waals surface area contributed by atoms with Crippen molar-refractivity contribution in [1.29, 1.82) is 0 Å². The van der Waals surface area contributed by atoms with Crippen LogP contribution in [0.2, 0.25) is 0 Å². The van der Waals surface area contributed by atoms with Crippen molar-refractivity contribution in [3.05, 3.63) is 23.7 Å². The number of carbonyl (C=O) groups is 1. The van der Waals surface area contributed by atoms with Gasteiger partial charge in [0.05, 0.1) is 5.75 Å². The lowest BCUT2D eigenvalue weighted by atomic mass is 10.4. The molecule has 0 fully saturated rings. The van der Waals surface area contributed by atoms with Crippen LogP contribution in [0.25, 0.3) is 0 Å². The van der Waals surface area contributed by atoms with Crippen LogP contribution in [0.4, 0.5) is 13.2 Å². The van der Waals surface area contributed by atoms with E-state index >= 15 is 0 Å². The van der Waals surface area contributed by atoms with Crippen molar-refractivity contribution < 1.29 is 27.2 Å². The van der Waals surface area contributed by atoms with E-state index in [9.17, 15) is 18.0 Å². The van der Waals surface area contributed by atoms with Gasteiger partial charge in [0.25, 0.3) is 0 Å². The molecule has 17 heavy (non-hydrogen) atoms. The molecule has 4 nitrogen and oxygen atoms in total. The van der Waals surface area contributed by atoms with E-state index in [1.54, 1.807) is 11.5 Å². The lowest BCUT2D eigenvalue weighted by molar-refractivity contribution is -0.184. The Hall–Kier alpha value is -1.15. The molecule has 0 radical (unpaired) electrons. The second-order valence-corrected chi connectivity index (χ2v) is 3.90. The summed E-state index contributed by atoms with van der Waals surface area (Å²) in [6.07, 6.45) is -2.63. The predicted octanol–water partition coefficient (Wildman–Crippen LogP) is 2.37. The second-order valence-electron chi connectivity index (χ2n) is 3.03. The van der Waals surface area contributed by atoms with E-state index in [1.807, 2.05) is 6.26 Å².